The first-order valence-corrected chi connectivity index (χ1v) is 4.76. The van der Waals surface area contributed by atoms with Gasteiger partial charge in [-0.1, -0.05) is 6.07 Å². The molecular formula is C10H8F3NO3. The predicted octanol–water partition coefficient (Wildman–Crippen LogP) is 0.851. The van der Waals surface area contributed by atoms with Crippen molar-refractivity contribution in [3.63, 3.8) is 0 Å². The Balaban J connectivity index is 2.40. The first-order valence-electron chi connectivity index (χ1n) is 4.76. The number of hydrogen-bond donors (Lipinski definition) is 2. The molecule has 0 bridgehead atoms. The van der Waals surface area contributed by atoms with Crippen LogP contribution in [0.3, 0.4) is 0 Å². The molecule has 0 radical (unpaired) electrons. The minimum Gasteiger partial charge on any atom is -0.387 e. The summed E-state index contributed by atoms with van der Waals surface area (Å²) >= 11 is 0. The Bertz CT molecular complexity index is 460. The van der Waals surface area contributed by atoms with Gasteiger partial charge in [-0.3, -0.25) is 9.78 Å². The minimum atomic E-state index is -4.96. The summed E-state index contributed by atoms with van der Waals surface area (Å²) in [6.45, 7) is 0. The first kappa shape index (κ1) is 12.0. The molecule has 2 N–H and O–H groups in total. The highest BCUT2D eigenvalue weighted by atomic mass is 19.4. The zero-order chi connectivity index (χ0) is 12.8. The van der Waals surface area contributed by atoms with E-state index in [0.717, 1.165) is 0 Å². The lowest BCUT2D eigenvalue weighted by atomic mass is 9.95. The number of fused-ring (bicyclic) bond motifs is 1. The van der Waals surface area contributed by atoms with Crippen LogP contribution in [0.5, 0.6) is 0 Å². The smallest absolute Gasteiger partial charge is 0.387 e. The van der Waals surface area contributed by atoms with Gasteiger partial charge in [0, 0.05) is 11.8 Å². The van der Waals surface area contributed by atoms with E-state index in [1.165, 1.54) is 18.3 Å². The second-order valence-corrected chi connectivity index (χ2v) is 3.76. The zero-order valence-corrected chi connectivity index (χ0v) is 8.35. The van der Waals surface area contributed by atoms with Crippen molar-refractivity contribution in [2.45, 2.75) is 18.4 Å². The number of alkyl halides is 3. The molecule has 7 heteroatoms. The molecule has 0 saturated heterocycles. The highest BCUT2D eigenvalue weighted by Crippen LogP contribution is 2.40. The van der Waals surface area contributed by atoms with Crippen molar-refractivity contribution < 1.29 is 28.2 Å². The van der Waals surface area contributed by atoms with Crippen molar-refractivity contribution in [1.29, 1.82) is 0 Å². The average Bonchev–Trinajstić information content (AvgIpc) is 2.51. The number of pyridine rings is 1. The van der Waals surface area contributed by atoms with Crippen molar-refractivity contribution >= 4 is 5.78 Å². The number of Topliss-reactive ketones (excluding diaryl/α,β-unsaturated/α-hetero) is 1. The highest BCUT2D eigenvalue weighted by molar-refractivity contribution is 6.01. The molecule has 0 amide bonds. The van der Waals surface area contributed by atoms with Crippen molar-refractivity contribution in [3.05, 3.63) is 29.6 Å². The molecule has 0 aromatic carbocycles. The molecule has 0 aliphatic heterocycles. The quantitative estimate of drug-likeness (QED) is 0.771. The molecule has 1 aliphatic rings. The van der Waals surface area contributed by atoms with Gasteiger partial charge < -0.3 is 10.2 Å². The van der Waals surface area contributed by atoms with Crippen molar-refractivity contribution in [1.82, 2.24) is 4.98 Å². The number of ketones is 1. The molecule has 0 saturated carbocycles. The topological polar surface area (TPSA) is 70.4 Å². The van der Waals surface area contributed by atoms with E-state index in [-0.39, 0.29) is 11.3 Å². The number of nitrogens with zero attached hydrogens (tertiary/aromatic N) is 1. The number of carbonyl (C=O) groups excluding carboxylic acids is 1. The monoisotopic (exact) mass is 247 g/mol. The summed E-state index contributed by atoms with van der Waals surface area (Å²) in [7, 11) is 0. The Morgan fingerprint density at radius 1 is 1.41 bits per heavy atom. The Morgan fingerprint density at radius 2 is 2.06 bits per heavy atom. The molecule has 0 fully saturated rings. The number of aliphatic hydroxyl groups is 2. The summed E-state index contributed by atoms with van der Waals surface area (Å²) in [5, 5.41) is 18.7. The van der Waals surface area contributed by atoms with E-state index in [9.17, 15) is 23.1 Å². The predicted molar refractivity (Wildman–Crippen MR) is 49.1 cm³/mol. The van der Waals surface area contributed by atoms with Gasteiger partial charge in [-0.25, -0.2) is 0 Å². The fraction of sp³-hybridized carbons (Fsp3) is 0.400. The lowest BCUT2D eigenvalue weighted by molar-refractivity contribution is -0.221. The van der Waals surface area contributed by atoms with E-state index in [0.29, 0.717) is 0 Å². The van der Waals surface area contributed by atoms with Crippen molar-refractivity contribution in [2.75, 3.05) is 0 Å². The molecule has 0 spiro atoms. The molecule has 17 heavy (non-hydrogen) atoms. The fourth-order valence-electron chi connectivity index (χ4n) is 1.88. The van der Waals surface area contributed by atoms with Gasteiger partial charge in [0.15, 0.2) is 11.9 Å². The van der Waals surface area contributed by atoms with Crippen LogP contribution in [-0.2, 0) is 0 Å². The number of halogens is 3. The van der Waals surface area contributed by atoms with Gasteiger partial charge in [-0.2, -0.15) is 13.2 Å². The van der Waals surface area contributed by atoms with E-state index in [1.807, 2.05) is 0 Å². The zero-order valence-electron chi connectivity index (χ0n) is 8.35. The van der Waals surface area contributed by atoms with Crippen LogP contribution in [0.15, 0.2) is 18.3 Å². The largest absolute Gasteiger partial charge is 0.415 e. The fourth-order valence-corrected chi connectivity index (χ4v) is 1.88. The van der Waals surface area contributed by atoms with Gasteiger partial charge in [0.05, 0.1) is 12.0 Å². The van der Waals surface area contributed by atoms with Gasteiger partial charge in [0.1, 0.15) is 5.69 Å². The van der Waals surface area contributed by atoms with Gasteiger partial charge in [0.25, 0.3) is 0 Å². The van der Waals surface area contributed by atoms with Gasteiger partial charge >= 0.3 is 6.18 Å². The van der Waals surface area contributed by atoms with E-state index in [2.05, 4.69) is 4.98 Å². The van der Waals surface area contributed by atoms with E-state index in [4.69, 9.17) is 5.11 Å². The van der Waals surface area contributed by atoms with E-state index in [1.54, 1.807) is 0 Å². The summed E-state index contributed by atoms with van der Waals surface area (Å²) in [6, 6.07) is 2.71. The molecule has 1 heterocycles. The normalized spacial score (nSPS) is 25.8. The third kappa shape index (κ3) is 1.81. The average molecular weight is 247 g/mol. The summed E-state index contributed by atoms with van der Waals surface area (Å²) < 4.78 is 37.0. The van der Waals surface area contributed by atoms with Gasteiger partial charge in [-0.15, -0.1) is 0 Å². The van der Waals surface area contributed by atoms with Crippen molar-refractivity contribution in [3.8, 4) is 0 Å². The molecule has 2 rings (SSSR count). The van der Waals surface area contributed by atoms with Crippen LogP contribution in [0.4, 0.5) is 13.2 Å². The van der Waals surface area contributed by atoms with Crippen LogP contribution < -0.4 is 0 Å². The first-order chi connectivity index (χ1) is 7.84. The molecule has 1 aromatic rings. The van der Waals surface area contributed by atoms with Gasteiger partial charge in [0.2, 0.25) is 0 Å². The minimum absolute atomic E-state index is 0.0193. The molecule has 3 atom stereocenters. The maximum atomic E-state index is 12.3. The highest BCUT2D eigenvalue weighted by Gasteiger charge is 2.53. The van der Waals surface area contributed by atoms with Crippen LogP contribution in [0, 0.1) is 5.92 Å². The number of rotatable bonds is 1. The van der Waals surface area contributed by atoms with Crippen LogP contribution in [0.2, 0.25) is 0 Å². The molecule has 1 aromatic heterocycles. The summed E-state index contributed by atoms with van der Waals surface area (Å²) in [5.41, 5.74) is -0.195. The maximum Gasteiger partial charge on any atom is 0.415 e. The second-order valence-electron chi connectivity index (χ2n) is 3.76. The Labute approximate surface area is 93.7 Å². The third-order valence-corrected chi connectivity index (χ3v) is 2.71. The molecule has 92 valence electrons. The van der Waals surface area contributed by atoms with E-state index >= 15 is 0 Å². The molecule has 1 aliphatic carbocycles. The number of carbonyl (C=O) groups is 1. The Kier molecular flexibility index (Phi) is 2.67. The van der Waals surface area contributed by atoms with E-state index < -0.39 is 30.1 Å². The number of hydrogen-bond acceptors (Lipinski definition) is 4. The van der Waals surface area contributed by atoms with Crippen LogP contribution in [0.1, 0.15) is 22.2 Å². The lowest BCUT2D eigenvalue weighted by Crippen LogP contribution is -2.40. The van der Waals surface area contributed by atoms with Crippen LogP contribution >= 0.6 is 0 Å². The lowest BCUT2D eigenvalue weighted by Gasteiger charge is -2.22. The second kappa shape index (κ2) is 3.78. The molecule has 4 nitrogen and oxygen atoms in total. The van der Waals surface area contributed by atoms with Crippen molar-refractivity contribution in [2.24, 2.45) is 5.92 Å². The summed E-state index contributed by atoms with van der Waals surface area (Å²) in [5.74, 6) is -2.92. The Hall–Kier alpha value is -1.47. The number of aliphatic hydroxyl groups excluding tert-OH is 2. The van der Waals surface area contributed by atoms with Gasteiger partial charge in [-0.05, 0) is 6.07 Å². The number of aromatic nitrogens is 1. The van der Waals surface area contributed by atoms with Crippen LogP contribution in [0.25, 0.3) is 0 Å². The summed E-state index contributed by atoms with van der Waals surface area (Å²) in [6.07, 6.45) is -8.28. The summed E-state index contributed by atoms with van der Waals surface area (Å²) in [4.78, 5) is 15.2. The van der Waals surface area contributed by atoms with Crippen LogP contribution in [-0.4, -0.2) is 33.3 Å². The Morgan fingerprint density at radius 3 is 2.59 bits per heavy atom. The SMILES string of the molecule is O=C1c2ncccc2C(O)C1C(O)C(F)(F)F. The molecule has 3 unspecified atom stereocenters. The molecular weight excluding hydrogens is 239 g/mol. The third-order valence-electron chi connectivity index (χ3n) is 2.71. The standard InChI is InChI=1S/C10H8F3NO3/c11-10(12,13)9(17)5-7(15)4-2-1-3-14-6(4)8(5)16/h1-3,5,7,9,15,17H. The maximum absolute atomic E-state index is 12.3.